The van der Waals surface area contributed by atoms with Crippen LogP contribution in [0.2, 0.25) is 0 Å². The van der Waals surface area contributed by atoms with Crippen LogP contribution in [0.5, 0.6) is 17.2 Å². The minimum absolute atomic E-state index is 0.0759. The summed E-state index contributed by atoms with van der Waals surface area (Å²) in [5, 5.41) is 4.34. The zero-order valence-corrected chi connectivity index (χ0v) is 27.0. The van der Waals surface area contributed by atoms with Gasteiger partial charge in [0.25, 0.3) is 0 Å². The molecule has 1 heterocycles. The quantitative estimate of drug-likeness (QED) is 0.0538. The molecule has 232 valence electrons. The standard InChI is InChI=1S/C41H40O4P/c42-39(34-23-27-40-41(32-34)45-30-29-44-40)26-22-33-20-24-35(25-21-33)43-28-12-1-2-13-31-46(36-14-6-3-7-15-36,37-16-8-4-9-17-37)38-18-10-5-11-19-38/h3-11,14-27,32H,1-2,12-13,28-31H2/q+1/b26-22-. The van der Waals surface area contributed by atoms with Crippen LogP contribution in [0.15, 0.2) is 140 Å². The van der Waals surface area contributed by atoms with Crippen molar-refractivity contribution in [2.75, 3.05) is 26.0 Å². The van der Waals surface area contributed by atoms with E-state index >= 15 is 0 Å². The molecule has 1 aliphatic rings. The molecule has 0 aromatic heterocycles. The Morgan fingerprint density at radius 1 is 0.630 bits per heavy atom. The summed E-state index contributed by atoms with van der Waals surface area (Å²) in [5.41, 5.74) is 1.52. The third-order valence-electron chi connectivity index (χ3n) is 8.38. The van der Waals surface area contributed by atoms with Crippen LogP contribution in [0.4, 0.5) is 0 Å². The van der Waals surface area contributed by atoms with E-state index in [1.807, 2.05) is 30.3 Å². The first-order valence-electron chi connectivity index (χ1n) is 16.1. The molecule has 0 bridgehead atoms. The number of hydrogen-bond donors (Lipinski definition) is 0. The zero-order chi connectivity index (χ0) is 31.4. The predicted octanol–water partition coefficient (Wildman–Crippen LogP) is 8.29. The van der Waals surface area contributed by atoms with Gasteiger partial charge in [0.2, 0.25) is 0 Å². The number of benzene rings is 5. The van der Waals surface area contributed by atoms with Gasteiger partial charge in [-0.05, 0) is 104 Å². The average Bonchev–Trinajstić information content (AvgIpc) is 3.13. The maximum Gasteiger partial charge on any atom is 0.185 e. The van der Waals surface area contributed by atoms with Crippen molar-refractivity contribution in [3.05, 3.63) is 151 Å². The van der Waals surface area contributed by atoms with Gasteiger partial charge in [0.05, 0.1) is 12.8 Å². The first-order valence-corrected chi connectivity index (χ1v) is 18.1. The van der Waals surface area contributed by atoms with Crippen molar-refractivity contribution in [3.8, 4) is 17.2 Å². The number of unbranched alkanes of at least 4 members (excludes halogenated alkanes) is 3. The van der Waals surface area contributed by atoms with Crippen LogP contribution in [0, 0.1) is 0 Å². The van der Waals surface area contributed by atoms with Crippen molar-refractivity contribution >= 4 is 35.0 Å². The van der Waals surface area contributed by atoms with Gasteiger partial charge in [-0.25, -0.2) is 0 Å². The van der Waals surface area contributed by atoms with E-state index in [0.717, 1.165) is 30.3 Å². The van der Waals surface area contributed by atoms with E-state index in [2.05, 4.69) is 91.0 Å². The number of fused-ring (bicyclic) bond motifs is 1. The van der Waals surface area contributed by atoms with E-state index < -0.39 is 7.26 Å². The van der Waals surface area contributed by atoms with Gasteiger partial charge in [0.1, 0.15) is 42.1 Å². The lowest BCUT2D eigenvalue weighted by Gasteiger charge is -2.27. The lowest BCUT2D eigenvalue weighted by atomic mass is 10.1. The Bertz CT molecular complexity index is 1620. The SMILES string of the molecule is O=C(/C=C\c1ccc(OCCCCCC[P+](c2ccccc2)(c2ccccc2)c2ccccc2)cc1)c1ccc2c(c1)OCCO2. The maximum absolute atomic E-state index is 12.7. The Morgan fingerprint density at radius 2 is 1.20 bits per heavy atom. The number of ketones is 1. The summed E-state index contributed by atoms with van der Waals surface area (Å²) in [6.07, 6.45) is 9.03. The van der Waals surface area contributed by atoms with E-state index in [1.54, 1.807) is 24.3 Å². The Balaban J connectivity index is 0.993. The lowest BCUT2D eigenvalue weighted by Crippen LogP contribution is -2.33. The van der Waals surface area contributed by atoms with Gasteiger partial charge >= 0.3 is 0 Å². The van der Waals surface area contributed by atoms with Crippen LogP contribution in [0.3, 0.4) is 0 Å². The Hall–Kier alpha value is -4.66. The zero-order valence-electron chi connectivity index (χ0n) is 26.1. The fourth-order valence-electron chi connectivity index (χ4n) is 6.02. The van der Waals surface area contributed by atoms with Crippen molar-refractivity contribution in [2.45, 2.75) is 25.7 Å². The highest BCUT2D eigenvalue weighted by molar-refractivity contribution is 7.95. The molecule has 5 aromatic rings. The van der Waals surface area contributed by atoms with E-state index in [9.17, 15) is 4.79 Å². The molecule has 0 atom stereocenters. The first kappa shape index (κ1) is 31.3. The lowest BCUT2D eigenvalue weighted by molar-refractivity contribution is 0.104. The van der Waals surface area contributed by atoms with Gasteiger partial charge in [-0.1, -0.05) is 72.8 Å². The number of carbonyl (C=O) groups excluding carboxylic acids is 1. The molecule has 5 aromatic carbocycles. The normalized spacial score (nSPS) is 12.6. The molecule has 0 fully saturated rings. The second kappa shape index (κ2) is 15.6. The van der Waals surface area contributed by atoms with Crippen molar-refractivity contribution in [2.24, 2.45) is 0 Å². The first-order chi connectivity index (χ1) is 22.7. The number of carbonyl (C=O) groups is 1. The van der Waals surface area contributed by atoms with Crippen LogP contribution in [0.1, 0.15) is 41.6 Å². The van der Waals surface area contributed by atoms with Crippen LogP contribution in [-0.2, 0) is 0 Å². The molecule has 46 heavy (non-hydrogen) atoms. The summed E-state index contributed by atoms with van der Waals surface area (Å²) in [4.78, 5) is 12.7. The molecular weight excluding hydrogens is 587 g/mol. The number of rotatable bonds is 14. The Labute approximate surface area is 273 Å². The van der Waals surface area contributed by atoms with E-state index in [4.69, 9.17) is 14.2 Å². The molecule has 6 rings (SSSR count). The summed E-state index contributed by atoms with van der Waals surface area (Å²) in [5.74, 6) is 2.07. The summed E-state index contributed by atoms with van der Waals surface area (Å²) >= 11 is 0. The second-order valence-electron chi connectivity index (χ2n) is 11.4. The fraction of sp³-hybridized carbons (Fsp3) is 0.195. The second-order valence-corrected chi connectivity index (χ2v) is 15.0. The predicted molar refractivity (Wildman–Crippen MR) is 191 cm³/mol. The number of hydrogen-bond acceptors (Lipinski definition) is 4. The molecule has 0 saturated heterocycles. The Kier molecular flexibility index (Phi) is 10.6. The summed E-state index contributed by atoms with van der Waals surface area (Å²) < 4.78 is 17.2. The van der Waals surface area contributed by atoms with Crippen LogP contribution < -0.4 is 30.1 Å². The van der Waals surface area contributed by atoms with E-state index in [-0.39, 0.29) is 5.78 Å². The highest BCUT2D eigenvalue weighted by Crippen LogP contribution is 2.56. The molecule has 0 N–H and O–H groups in total. The third-order valence-corrected chi connectivity index (χ3v) is 12.9. The molecule has 0 saturated carbocycles. The topological polar surface area (TPSA) is 44.8 Å². The van der Waals surface area contributed by atoms with Crippen molar-refractivity contribution in [1.29, 1.82) is 0 Å². The third kappa shape index (κ3) is 7.58. The highest BCUT2D eigenvalue weighted by atomic mass is 31.2. The van der Waals surface area contributed by atoms with Gasteiger partial charge in [-0.15, -0.1) is 0 Å². The summed E-state index contributed by atoms with van der Waals surface area (Å²) in [6.45, 7) is 1.71. The fourth-order valence-corrected chi connectivity index (χ4v) is 10.4. The molecule has 0 radical (unpaired) electrons. The molecule has 0 amide bonds. The van der Waals surface area contributed by atoms with Crippen LogP contribution >= 0.6 is 7.26 Å². The highest BCUT2D eigenvalue weighted by Gasteiger charge is 2.44. The van der Waals surface area contributed by atoms with Gasteiger partial charge in [-0.3, -0.25) is 4.79 Å². The molecule has 4 nitrogen and oxygen atoms in total. The summed E-state index contributed by atoms with van der Waals surface area (Å²) in [7, 11) is -1.76. The van der Waals surface area contributed by atoms with E-state index in [1.165, 1.54) is 28.8 Å². The monoisotopic (exact) mass is 627 g/mol. The Morgan fingerprint density at radius 3 is 1.80 bits per heavy atom. The smallest absolute Gasteiger partial charge is 0.185 e. The molecule has 0 aliphatic carbocycles. The van der Waals surface area contributed by atoms with Crippen LogP contribution in [0.25, 0.3) is 6.08 Å². The van der Waals surface area contributed by atoms with Gasteiger partial charge < -0.3 is 14.2 Å². The van der Waals surface area contributed by atoms with Crippen molar-refractivity contribution in [3.63, 3.8) is 0 Å². The number of allylic oxidation sites excluding steroid dienone is 1. The van der Waals surface area contributed by atoms with Gasteiger partial charge in [0, 0.05) is 5.56 Å². The molecular formula is C41H40O4P+. The van der Waals surface area contributed by atoms with Gasteiger partial charge in [-0.2, -0.15) is 0 Å². The average molecular weight is 628 g/mol. The summed E-state index contributed by atoms with van der Waals surface area (Å²) in [6, 6.07) is 46.5. The number of ether oxygens (including phenoxy) is 3. The van der Waals surface area contributed by atoms with Crippen LogP contribution in [-0.4, -0.2) is 31.8 Å². The van der Waals surface area contributed by atoms with Crippen molar-refractivity contribution < 1.29 is 19.0 Å². The maximum atomic E-state index is 12.7. The minimum atomic E-state index is -1.76. The van der Waals surface area contributed by atoms with E-state index in [0.29, 0.717) is 36.9 Å². The molecule has 5 heteroatoms. The molecule has 0 spiro atoms. The van der Waals surface area contributed by atoms with Gasteiger partial charge in [0.15, 0.2) is 17.3 Å². The molecule has 1 aliphatic heterocycles. The molecule has 0 unspecified atom stereocenters. The minimum Gasteiger partial charge on any atom is -0.494 e. The largest absolute Gasteiger partial charge is 0.494 e. The van der Waals surface area contributed by atoms with Crippen molar-refractivity contribution in [1.82, 2.24) is 0 Å².